The summed E-state index contributed by atoms with van der Waals surface area (Å²) in [5.74, 6) is 0.281. The van der Waals surface area contributed by atoms with Crippen molar-refractivity contribution >= 4 is 16.5 Å². The number of nitrogens with one attached hydrogen (secondary N) is 1. The van der Waals surface area contributed by atoms with Crippen molar-refractivity contribution in [3.63, 3.8) is 0 Å². The second-order valence-electron chi connectivity index (χ2n) is 4.80. The Morgan fingerprint density at radius 3 is 2.38 bits per heavy atom. The lowest BCUT2D eigenvalue weighted by Crippen LogP contribution is -2.00. The topological polar surface area (TPSA) is 56.0 Å². The van der Waals surface area contributed by atoms with Gasteiger partial charge in [0.15, 0.2) is 0 Å². The Morgan fingerprint density at radius 2 is 1.62 bits per heavy atom. The SMILES string of the molecule is N#Cc1ccc(NCc2ccccc2O)c2ccccc12. The van der Waals surface area contributed by atoms with Crippen molar-refractivity contribution in [1.29, 1.82) is 5.26 Å². The smallest absolute Gasteiger partial charge is 0.120 e. The van der Waals surface area contributed by atoms with E-state index in [9.17, 15) is 5.11 Å². The molecule has 3 aromatic carbocycles. The number of fused-ring (bicyclic) bond motifs is 1. The molecule has 0 amide bonds. The molecule has 3 aromatic rings. The highest BCUT2D eigenvalue weighted by atomic mass is 16.3. The average Bonchev–Trinajstić information content (AvgIpc) is 2.54. The second kappa shape index (κ2) is 5.56. The maximum Gasteiger partial charge on any atom is 0.120 e. The van der Waals surface area contributed by atoms with Gasteiger partial charge in [0.2, 0.25) is 0 Å². The van der Waals surface area contributed by atoms with Gasteiger partial charge in [-0.1, -0.05) is 42.5 Å². The van der Waals surface area contributed by atoms with Crippen LogP contribution >= 0.6 is 0 Å². The molecule has 0 saturated carbocycles. The molecule has 0 radical (unpaired) electrons. The number of anilines is 1. The molecule has 3 rings (SSSR count). The van der Waals surface area contributed by atoms with Gasteiger partial charge in [0, 0.05) is 28.6 Å². The summed E-state index contributed by atoms with van der Waals surface area (Å²) in [5.41, 5.74) is 2.46. The molecule has 0 heterocycles. The fraction of sp³-hybridized carbons (Fsp3) is 0.0556. The van der Waals surface area contributed by atoms with E-state index in [-0.39, 0.29) is 5.75 Å². The molecule has 0 fully saturated rings. The van der Waals surface area contributed by atoms with Crippen molar-refractivity contribution in [2.75, 3.05) is 5.32 Å². The van der Waals surface area contributed by atoms with E-state index in [0.29, 0.717) is 12.1 Å². The number of nitriles is 1. The van der Waals surface area contributed by atoms with Crippen molar-refractivity contribution in [2.45, 2.75) is 6.54 Å². The zero-order valence-electron chi connectivity index (χ0n) is 11.4. The van der Waals surface area contributed by atoms with Crippen LogP contribution in [0.5, 0.6) is 5.75 Å². The van der Waals surface area contributed by atoms with Crippen LogP contribution in [0, 0.1) is 11.3 Å². The van der Waals surface area contributed by atoms with Gasteiger partial charge in [-0.3, -0.25) is 0 Å². The monoisotopic (exact) mass is 274 g/mol. The Kier molecular flexibility index (Phi) is 3.44. The van der Waals surface area contributed by atoms with Gasteiger partial charge < -0.3 is 10.4 Å². The quantitative estimate of drug-likeness (QED) is 0.758. The number of phenols is 1. The summed E-state index contributed by atoms with van der Waals surface area (Å²) in [6.07, 6.45) is 0. The van der Waals surface area contributed by atoms with E-state index < -0.39 is 0 Å². The number of phenolic OH excluding ortho intramolecular Hbond substituents is 1. The molecule has 0 atom stereocenters. The summed E-state index contributed by atoms with van der Waals surface area (Å²) in [6.45, 7) is 0.530. The molecule has 0 aliphatic rings. The lowest BCUT2D eigenvalue weighted by Gasteiger charge is -2.11. The molecule has 0 aliphatic heterocycles. The van der Waals surface area contributed by atoms with Crippen LogP contribution < -0.4 is 5.32 Å². The van der Waals surface area contributed by atoms with Crippen LogP contribution in [0.3, 0.4) is 0 Å². The molecule has 0 aliphatic carbocycles. The van der Waals surface area contributed by atoms with E-state index in [4.69, 9.17) is 5.26 Å². The van der Waals surface area contributed by atoms with Gasteiger partial charge in [0.05, 0.1) is 11.6 Å². The molecular formula is C18H14N2O. The Hall–Kier alpha value is -2.99. The van der Waals surface area contributed by atoms with E-state index >= 15 is 0 Å². The number of nitrogens with zero attached hydrogens (tertiary/aromatic N) is 1. The van der Waals surface area contributed by atoms with Gasteiger partial charge in [-0.2, -0.15) is 5.26 Å². The Bertz CT molecular complexity index is 834. The second-order valence-corrected chi connectivity index (χ2v) is 4.80. The molecule has 0 saturated heterocycles. The normalized spacial score (nSPS) is 10.2. The predicted molar refractivity (Wildman–Crippen MR) is 84.1 cm³/mol. The van der Waals surface area contributed by atoms with E-state index in [1.807, 2.05) is 48.5 Å². The summed E-state index contributed by atoms with van der Waals surface area (Å²) in [4.78, 5) is 0. The average molecular weight is 274 g/mol. The molecule has 102 valence electrons. The van der Waals surface area contributed by atoms with Crippen LogP contribution in [0.15, 0.2) is 60.7 Å². The van der Waals surface area contributed by atoms with Crippen molar-refractivity contribution < 1.29 is 5.11 Å². The molecule has 0 unspecified atom stereocenters. The van der Waals surface area contributed by atoms with Crippen LogP contribution in [-0.4, -0.2) is 5.11 Å². The maximum absolute atomic E-state index is 9.80. The van der Waals surface area contributed by atoms with Crippen LogP contribution in [0.25, 0.3) is 10.8 Å². The van der Waals surface area contributed by atoms with Gasteiger partial charge >= 0.3 is 0 Å². The first kappa shape index (κ1) is 13.0. The van der Waals surface area contributed by atoms with Crippen LogP contribution in [0.1, 0.15) is 11.1 Å². The number of hydrogen-bond acceptors (Lipinski definition) is 3. The number of para-hydroxylation sites is 1. The fourth-order valence-corrected chi connectivity index (χ4v) is 2.40. The summed E-state index contributed by atoms with van der Waals surface area (Å²) < 4.78 is 0. The summed E-state index contributed by atoms with van der Waals surface area (Å²) in [5, 5.41) is 24.2. The highest BCUT2D eigenvalue weighted by Gasteiger charge is 2.06. The third-order valence-electron chi connectivity index (χ3n) is 3.51. The molecule has 0 aromatic heterocycles. The van der Waals surface area contributed by atoms with Gasteiger partial charge in [0.25, 0.3) is 0 Å². The minimum atomic E-state index is 0.281. The Morgan fingerprint density at radius 1 is 0.905 bits per heavy atom. The third kappa shape index (κ3) is 2.52. The molecule has 3 nitrogen and oxygen atoms in total. The summed E-state index contributed by atoms with van der Waals surface area (Å²) >= 11 is 0. The van der Waals surface area contributed by atoms with Crippen LogP contribution in [0.2, 0.25) is 0 Å². The number of aromatic hydroxyl groups is 1. The first-order valence-corrected chi connectivity index (χ1v) is 6.72. The predicted octanol–water partition coefficient (Wildman–Crippen LogP) is 4.03. The standard InChI is InChI=1S/C18H14N2O/c19-11-13-9-10-17(16-7-3-2-6-15(13)16)20-12-14-5-1-4-8-18(14)21/h1-10,20-21H,12H2. The molecule has 3 heteroatoms. The minimum absolute atomic E-state index is 0.281. The first-order chi connectivity index (χ1) is 10.3. The van der Waals surface area contributed by atoms with Crippen molar-refractivity contribution in [2.24, 2.45) is 0 Å². The van der Waals surface area contributed by atoms with E-state index in [1.54, 1.807) is 12.1 Å². The lowest BCUT2D eigenvalue weighted by molar-refractivity contribution is 0.469. The largest absolute Gasteiger partial charge is 0.508 e. The Labute approximate surface area is 123 Å². The molecule has 0 spiro atoms. The Balaban J connectivity index is 1.95. The third-order valence-corrected chi connectivity index (χ3v) is 3.51. The molecule has 2 N–H and O–H groups in total. The van der Waals surface area contributed by atoms with Gasteiger partial charge in [-0.25, -0.2) is 0 Å². The van der Waals surface area contributed by atoms with E-state index in [2.05, 4.69) is 11.4 Å². The highest BCUT2D eigenvalue weighted by molar-refractivity contribution is 5.97. The van der Waals surface area contributed by atoms with E-state index in [0.717, 1.165) is 22.0 Å². The van der Waals surface area contributed by atoms with Gasteiger partial charge in [0.1, 0.15) is 5.75 Å². The molecule has 0 bridgehead atoms. The highest BCUT2D eigenvalue weighted by Crippen LogP contribution is 2.27. The minimum Gasteiger partial charge on any atom is -0.508 e. The lowest BCUT2D eigenvalue weighted by atomic mass is 10.0. The van der Waals surface area contributed by atoms with Crippen molar-refractivity contribution in [1.82, 2.24) is 0 Å². The van der Waals surface area contributed by atoms with Crippen LogP contribution in [0.4, 0.5) is 5.69 Å². The van der Waals surface area contributed by atoms with E-state index in [1.165, 1.54) is 0 Å². The van der Waals surface area contributed by atoms with Gasteiger partial charge in [-0.05, 0) is 18.2 Å². The van der Waals surface area contributed by atoms with Gasteiger partial charge in [-0.15, -0.1) is 0 Å². The summed E-state index contributed by atoms with van der Waals surface area (Å²) in [6, 6.07) is 21.0. The number of rotatable bonds is 3. The van der Waals surface area contributed by atoms with Crippen molar-refractivity contribution in [3.8, 4) is 11.8 Å². The van der Waals surface area contributed by atoms with Crippen molar-refractivity contribution in [3.05, 3.63) is 71.8 Å². The number of benzene rings is 3. The number of hydrogen-bond donors (Lipinski definition) is 2. The van der Waals surface area contributed by atoms with Crippen LogP contribution in [-0.2, 0) is 6.54 Å². The first-order valence-electron chi connectivity index (χ1n) is 6.72. The zero-order chi connectivity index (χ0) is 14.7. The maximum atomic E-state index is 9.80. The fourth-order valence-electron chi connectivity index (χ4n) is 2.40. The molecular weight excluding hydrogens is 260 g/mol. The molecule has 21 heavy (non-hydrogen) atoms. The zero-order valence-corrected chi connectivity index (χ0v) is 11.4. The summed E-state index contributed by atoms with van der Waals surface area (Å²) in [7, 11) is 0.